The van der Waals surface area contributed by atoms with E-state index < -0.39 is 0 Å². The van der Waals surface area contributed by atoms with Gasteiger partial charge in [-0.05, 0) is 19.1 Å². The Morgan fingerprint density at radius 3 is 3.00 bits per heavy atom. The third-order valence-electron chi connectivity index (χ3n) is 4.30. The van der Waals surface area contributed by atoms with Crippen LogP contribution in [0.2, 0.25) is 0 Å². The number of aryl methyl sites for hydroxylation is 1. The third-order valence-corrected chi connectivity index (χ3v) is 4.30. The summed E-state index contributed by atoms with van der Waals surface area (Å²) in [5, 5.41) is 5.65. The fourth-order valence-corrected chi connectivity index (χ4v) is 3.01. The highest BCUT2D eigenvalue weighted by Gasteiger charge is 2.31. The number of amides is 3. The van der Waals surface area contributed by atoms with Gasteiger partial charge in [0.1, 0.15) is 5.75 Å². The van der Waals surface area contributed by atoms with Gasteiger partial charge in [0.25, 0.3) is 0 Å². The summed E-state index contributed by atoms with van der Waals surface area (Å²) in [6, 6.07) is 6.80. The Morgan fingerprint density at radius 2 is 2.22 bits per heavy atom. The van der Waals surface area contributed by atoms with Crippen molar-refractivity contribution in [1.29, 1.82) is 0 Å². The van der Waals surface area contributed by atoms with E-state index in [0.717, 1.165) is 17.1 Å². The Hall–Kier alpha value is -3.16. The van der Waals surface area contributed by atoms with Gasteiger partial charge in [0.2, 0.25) is 5.91 Å². The third kappa shape index (κ3) is 4.93. The second kappa shape index (κ2) is 8.48. The highest BCUT2D eigenvalue weighted by atomic mass is 16.5. The molecule has 8 nitrogen and oxygen atoms in total. The van der Waals surface area contributed by atoms with Crippen molar-refractivity contribution in [1.82, 2.24) is 20.6 Å². The van der Waals surface area contributed by atoms with Crippen molar-refractivity contribution in [2.45, 2.75) is 25.8 Å². The van der Waals surface area contributed by atoms with Crippen molar-refractivity contribution >= 4 is 17.6 Å². The molecule has 1 aliphatic rings. The number of benzene rings is 1. The lowest BCUT2D eigenvalue weighted by molar-refractivity contribution is -0.117. The average Bonchev–Trinajstić information content (AvgIpc) is 3.02. The maximum Gasteiger partial charge on any atom is 0.315 e. The summed E-state index contributed by atoms with van der Waals surface area (Å²) in [5.41, 5.74) is 2.44. The Labute approximate surface area is 158 Å². The largest absolute Gasteiger partial charge is 0.497 e. The number of methoxy groups -OCH3 is 1. The number of hydrogen-bond donors (Lipinski definition) is 2. The maximum absolute atomic E-state index is 12.3. The first kappa shape index (κ1) is 18.6. The van der Waals surface area contributed by atoms with E-state index in [4.69, 9.17) is 4.74 Å². The van der Waals surface area contributed by atoms with E-state index in [2.05, 4.69) is 20.6 Å². The first-order valence-corrected chi connectivity index (χ1v) is 8.81. The number of hydrogen-bond acceptors (Lipinski definition) is 5. The normalized spacial score (nSPS) is 16.3. The van der Waals surface area contributed by atoms with Crippen LogP contribution in [0.4, 0.5) is 10.5 Å². The monoisotopic (exact) mass is 369 g/mol. The quantitative estimate of drug-likeness (QED) is 0.803. The number of aromatic nitrogens is 2. The van der Waals surface area contributed by atoms with Crippen LogP contribution in [-0.4, -0.2) is 48.1 Å². The molecule has 3 amide bonds. The zero-order valence-corrected chi connectivity index (χ0v) is 15.4. The van der Waals surface area contributed by atoms with Crippen molar-refractivity contribution in [3.05, 3.63) is 48.0 Å². The van der Waals surface area contributed by atoms with Crippen molar-refractivity contribution in [3.63, 3.8) is 0 Å². The molecule has 0 bridgehead atoms. The lowest BCUT2D eigenvalue weighted by Crippen LogP contribution is -2.44. The molecule has 142 valence electrons. The first-order valence-electron chi connectivity index (χ1n) is 8.81. The smallest absolute Gasteiger partial charge is 0.315 e. The van der Waals surface area contributed by atoms with E-state index in [9.17, 15) is 9.59 Å². The van der Waals surface area contributed by atoms with Crippen LogP contribution in [0.3, 0.4) is 0 Å². The van der Waals surface area contributed by atoms with E-state index in [-0.39, 0.29) is 24.4 Å². The summed E-state index contributed by atoms with van der Waals surface area (Å²) >= 11 is 0. The number of anilines is 1. The summed E-state index contributed by atoms with van der Waals surface area (Å²) in [7, 11) is 1.59. The molecule has 2 heterocycles. The number of ether oxygens (including phenoxy) is 1. The Kier molecular flexibility index (Phi) is 5.85. The van der Waals surface area contributed by atoms with Crippen molar-refractivity contribution in [2.75, 3.05) is 25.1 Å². The van der Waals surface area contributed by atoms with Gasteiger partial charge in [0, 0.05) is 50.1 Å². The molecule has 3 rings (SSSR count). The van der Waals surface area contributed by atoms with E-state index in [1.165, 1.54) is 0 Å². The highest BCUT2D eigenvalue weighted by Crippen LogP contribution is 2.25. The van der Waals surface area contributed by atoms with Crippen LogP contribution in [0, 0.1) is 6.92 Å². The molecule has 0 radical (unpaired) electrons. The lowest BCUT2D eigenvalue weighted by Gasteiger charge is -2.18. The Morgan fingerprint density at radius 1 is 1.37 bits per heavy atom. The van der Waals surface area contributed by atoms with Gasteiger partial charge in [-0.1, -0.05) is 6.07 Å². The van der Waals surface area contributed by atoms with Crippen molar-refractivity contribution in [2.24, 2.45) is 0 Å². The van der Waals surface area contributed by atoms with E-state index in [0.29, 0.717) is 25.3 Å². The lowest BCUT2D eigenvalue weighted by atomic mass is 10.2. The SMILES string of the molecule is COc1cccc(N2CC(NC(=O)NCCc3cncc(C)n3)CC2=O)c1. The van der Waals surface area contributed by atoms with E-state index in [1.54, 1.807) is 24.4 Å². The average molecular weight is 369 g/mol. The van der Waals surface area contributed by atoms with Crippen LogP contribution in [0.15, 0.2) is 36.7 Å². The van der Waals surface area contributed by atoms with Crippen LogP contribution >= 0.6 is 0 Å². The van der Waals surface area contributed by atoms with Gasteiger partial charge in [0.05, 0.1) is 24.5 Å². The van der Waals surface area contributed by atoms with Crippen LogP contribution in [0.5, 0.6) is 5.75 Å². The molecule has 1 fully saturated rings. The van der Waals surface area contributed by atoms with Crippen LogP contribution in [0.25, 0.3) is 0 Å². The van der Waals surface area contributed by atoms with Gasteiger partial charge < -0.3 is 20.3 Å². The van der Waals surface area contributed by atoms with Crippen LogP contribution < -0.4 is 20.3 Å². The fourth-order valence-electron chi connectivity index (χ4n) is 3.01. The summed E-state index contributed by atoms with van der Waals surface area (Å²) in [6.45, 7) is 2.76. The number of nitrogens with zero attached hydrogens (tertiary/aromatic N) is 3. The van der Waals surface area contributed by atoms with E-state index in [1.807, 2.05) is 31.2 Å². The Bertz CT molecular complexity index is 826. The van der Waals surface area contributed by atoms with Gasteiger partial charge in [-0.25, -0.2) is 4.79 Å². The van der Waals surface area contributed by atoms with Gasteiger partial charge in [-0.3, -0.25) is 14.8 Å². The number of carbonyl (C=O) groups excluding carboxylic acids is 2. The summed E-state index contributed by atoms with van der Waals surface area (Å²) in [4.78, 5) is 34.5. The molecule has 8 heteroatoms. The summed E-state index contributed by atoms with van der Waals surface area (Å²) < 4.78 is 5.20. The number of carbonyl (C=O) groups is 2. The standard InChI is InChI=1S/C19H23N5O3/c1-13-10-20-11-14(22-13)6-7-21-19(26)23-15-8-18(25)24(12-15)16-4-3-5-17(9-16)27-2/h3-5,9-11,15H,6-8,12H2,1-2H3,(H2,21,23,26). The van der Waals surface area contributed by atoms with Crippen LogP contribution in [0.1, 0.15) is 17.8 Å². The molecular formula is C19H23N5O3. The minimum absolute atomic E-state index is 0.0245. The minimum atomic E-state index is -0.291. The predicted molar refractivity (Wildman–Crippen MR) is 101 cm³/mol. The molecule has 0 saturated carbocycles. The van der Waals surface area contributed by atoms with Crippen LogP contribution in [-0.2, 0) is 11.2 Å². The minimum Gasteiger partial charge on any atom is -0.497 e. The number of urea groups is 1. The molecule has 2 N–H and O–H groups in total. The van der Waals surface area contributed by atoms with Gasteiger partial charge >= 0.3 is 6.03 Å². The molecule has 0 aliphatic carbocycles. The molecule has 0 spiro atoms. The molecule has 1 aliphatic heterocycles. The zero-order valence-electron chi connectivity index (χ0n) is 15.4. The first-order chi connectivity index (χ1) is 13.0. The van der Waals surface area contributed by atoms with Crippen molar-refractivity contribution in [3.8, 4) is 5.75 Å². The zero-order chi connectivity index (χ0) is 19.2. The molecule has 1 atom stereocenters. The Balaban J connectivity index is 1.48. The van der Waals surface area contributed by atoms with Crippen molar-refractivity contribution < 1.29 is 14.3 Å². The topological polar surface area (TPSA) is 96.5 Å². The number of nitrogens with one attached hydrogen (secondary N) is 2. The second-order valence-electron chi connectivity index (χ2n) is 6.41. The predicted octanol–water partition coefficient (Wildman–Crippen LogP) is 1.44. The highest BCUT2D eigenvalue weighted by molar-refractivity contribution is 5.97. The summed E-state index contributed by atoms with van der Waals surface area (Å²) in [5.74, 6) is 0.664. The molecule has 1 aromatic carbocycles. The molecule has 1 saturated heterocycles. The van der Waals surface area contributed by atoms with Gasteiger partial charge in [0.15, 0.2) is 0 Å². The summed E-state index contributed by atoms with van der Waals surface area (Å²) in [6.07, 6.45) is 4.25. The second-order valence-corrected chi connectivity index (χ2v) is 6.41. The van der Waals surface area contributed by atoms with Gasteiger partial charge in [-0.15, -0.1) is 0 Å². The van der Waals surface area contributed by atoms with E-state index >= 15 is 0 Å². The van der Waals surface area contributed by atoms with Gasteiger partial charge in [-0.2, -0.15) is 0 Å². The molecule has 1 aromatic heterocycles. The maximum atomic E-state index is 12.3. The fraction of sp³-hybridized carbons (Fsp3) is 0.368. The molecule has 2 aromatic rings. The molecule has 27 heavy (non-hydrogen) atoms. The molecular weight excluding hydrogens is 346 g/mol. The number of rotatable bonds is 6. The molecule has 1 unspecified atom stereocenters.